The van der Waals surface area contributed by atoms with Gasteiger partial charge in [0, 0.05) is 25.1 Å². The number of fused-ring (bicyclic) bond motifs is 1. The molecule has 0 aliphatic carbocycles. The standard InChI is InChI=1S/C13H11Cl2N3O2/c1-18-12(19)9(17-13(18)20)4-6-5-16-11-7(6)2-3-8(14)10(11)15/h2-3,5,9,16H,4H2,1H3,(H,17,20)/t9-/m0/s1. The van der Waals surface area contributed by atoms with E-state index in [4.69, 9.17) is 23.2 Å². The largest absolute Gasteiger partial charge is 0.360 e. The van der Waals surface area contributed by atoms with E-state index in [0.29, 0.717) is 16.5 Å². The van der Waals surface area contributed by atoms with Gasteiger partial charge < -0.3 is 10.3 Å². The number of rotatable bonds is 2. The van der Waals surface area contributed by atoms with Gasteiger partial charge in [0.15, 0.2) is 0 Å². The maximum Gasteiger partial charge on any atom is 0.324 e. The van der Waals surface area contributed by atoms with E-state index in [9.17, 15) is 9.59 Å². The number of hydrogen-bond donors (Lipinski definition) is 2. The van der Waals surface area contributed by atoms with Gasteiger partial charge in [0.05, 0.1) is 15.6 Å². The van der Waals surface area contributed by atoms with Gasteiger partial charge in [0.25, 0.3) is 5.91 Å². The van der Waals surface area contributed by atoms with Crippen molar-refractivity contribution in [1.29, 1.82) is 0 Å². The lowest BCUT2D eigenvalue weighted by molar-refractivity contribution is -0.126. The number of nitrogens with zero attached hydrogens (tertiary/aromatic N) is 1. The quantitative estimate of drug-likeness (QED) is 0.837. The normalized spacial score (nSPS) is 18.9. The summed E-state index contributed by atoms with van der Waals surface area (Å²) in [5, 5.41) is 4.47. The van der Waals surface area contributed by atoms with Gasteiger partial charge in [0.1, 0.15) is 6.04 Å². The number of aromatic nitrogens is 1. The fourth-order valence-corrected chi connectivity index (χ4v) is 2.74. The van der Waals surface area contributed by atoms with E-state index < -0.39 is 6.04 Å². The third kappa shape index (κ3) is 1.94. The molecule has 3 rings (SSSR count). The molecule has 2 heterocycles. The van der Waals surface area contributed by atoms with Gasteiger partial charge in [-0.1, -0.05) is 29.3 Å². The van der Waals surface area contributed by atoms with Crippen LogP contribution in [0.15, 0.2) is 18.3 Å². The van der Waals surface area contributed by atoms with E-state index in [-0.39, 0.29) is 11.9 Å². The fourth-order valence-electron chi connectivity index (χ4n) is 2.36. The molecule has 3 amide bonds. The van der Waals surface area contributed by atoms with Gasteiger partial charge in [0.2, 0.25) is 0 Å². The molecule has 104 valence electrons. The van der Waals surface area contributed by atoms with Crippen LogP contribution >= 0.6 is 23.2 Å². The second kappa shape index (κ2) is 4.68. The molecule has 2 aromatic rings. The Morgan fingerprint density at radius 1 is 1.30 bits per heavy atom. The topological polar surface area (TPSA) is 65.2 Å². The highest BCUT2D eigenvalue weighted by Gasteiger charge is 2.35. The molecule has 0 unspecified atom stereocenters. The Morgan fingerprint density at radius 2 is 2.05 bits per heavy atom. The van der Waals surface area contributed by atoms with Crippen LogP contribution in [0.4, 0.5) is 4.79 Å². The van der Waals surface area contributed by atoms with Crippen LogP contribution in [0.1, 0.15) is 5.56 Å². The molecule has 1 aliphatic heterocycles. The van der Waals surface area contributed by atoms with Gasteiger partial charge in [-0.2, -0.15) is 0 Å². The average molecular weight is 312 g/mol. The molecule has 1 aromatic carbocycles. The SMILES string of the molecule is CN1C(=O)N[C@@H](Cc2c[nH]c3c(Cl)c(Cl)ccc23)C1=O. The Morgan fingerprint density at radius 3 is 2.70 bits per heavy atom. The summed E-state index contributed by atoms with van der Waals surface area (Å²) in [7, 11) is 1.46. The predicted molar refractivity (Wildman–Crippen MR) is 77.1 cm³/mol. The van der Waals surface area contributed by atoms with Gasteiger partial charge in [-0.25, -0.2) is 4.79 Å². The maximum atomic E-state index is 11.9. The van der Waals surface area contributed by atoms with Crippen LogP contribution in [-0.2, 0) is 11.2 Å². The number of nitrogens with one attached hydrogen (secondary N) is 2. The summed E-state index contributed by atoms with van der Waals surface area (Å²) in [4.78, 5) is 27.5. The lowest BCUT2D eigenvalue weighted by atomic mass is 10.1. The first-order valence-electron chi connectivity index (χ1n) is 6.01. The van der Waals surface area contributed by atoms with Crippen molar-refractivity contribution in [1.82, 2.24) is 15.2 Å². The molecular formula is C13H11Cl2N3O2. The number of H-pyrrole nitrogens is 1. The number of halogens is 2. The molecule has 1 atom stereocenters. The minimum absolute atomic E-state index is 0.232. The Hall–Kier alpha value is -1.72. The van der Waals surface area contributed by atoms with Gasteiger partial charge in [-0.15, -0.1) is 0 Å². The number of benzene rings is 1. The maximum absolute atomic E-state index is 11.9. The first-order chi connectivity index (χ1) is 9.49. The number of hydrogen-bond acceptors (Lipinski definition) is 2. The van der Waals surface area contributed by atoms with Crippen LogP contribution in [0, 0.1) is 0 Å². The lowest BCUT2D eigenvalue weighted by Crippen LogP contribution is -2.31. The van der Waals surface area contributed by atoms with Gasteiger partial charge >= 0.3 is 6.03 Å². The smallest absolute Gasteiger partial charge is 0.324 e. The van der Waals surface area contributed by atoms with E-state index >= 15 is 0 Å². The fraction of sp³-hybridized carbons (Fsp3) is 0.231. The molecule has 0 bridgehead atoms. The number of imide groups is 1. The van der Waals surface area contributed by atoms with Crippen LogP contribution in [0.2, 0.25) is 10.0 Å². The van der Waals surface area contributed by atoms with Crippen molar-refractivity contribution < 1.29 is 9.59 Å². The summed E-state index contributed by atoms with van der Waals surface area (Å²) in [6.07, 6.45) is 2.19. The number of aromatic amines is 1. The predicted octanol–water partition coefficient (Wildman–Crippen LogP) is 2.57. The minimum Gasteiger partial charge on any atom is -0.360 e. The Balaban J connectivity index is 1.95. The molecule has 1 saturated heterocycles. The number of carbonyl (C=O) groups is 2. The van der Waals surface area contributed by atoms with E-state index in [0.717, 1.165) is 21.4 Å². The highest BCUT2D eigenvalue weighted by molar-refractivity contribution is 6.45. The number of urea groups is 1. The average Bonchev–Trinajstić information content (AvgIpc) is 2.93. The number of amides is 3. The first-order valence-corrected chi connectivity index (χ1v) is 6.76. The molecule has 20 heavy (non-hydrogen) atoms. The van der Waals surface area contributed by atoms with Crippen LogP contribution in [0.3, 0.4) is 0 Å². The lowest BCUT2D eigenvalue weighted by Gasteiger charge is -2.07. The van der Waals surface area contributed by atoms with Crippen LogP contribution < -0.4 is 5.32 Å². The Labute approximate surface area is 124 Å². The molecular weight excluding hydrogens is 301 g/mol. The third-order valence-corrected chi connectivity index (χ3v) is 4.29. The summed E-state index contributed by atoms with van der Waals surface area (Å²) in [5.74, 6) is -0.232. The Kier molecular flexibility index (Phi) is 3.11. The van der Waals surface area contributed by atoms with Crippen molar-refractivity contribution in [3.05, 3.63) is 33.9 Å². The van der Waals surface area contributed by atoms with Crippen molar-refractivity contribution in [2.75, 3.05) is 7.05 Å². The molecule has 0 spiro atoms. The summed E-state index contributed by atoms with van der Waals surface area (Å²) in [5.41, 5.74) is 1.65. The summed E-state index contributed by atoms with van der Waals surface area (Å²) in [6.45, 7) is 0. The Bertz CT molecular complexity index is 726. The first kappa shape index (κ1) is 13.3. The van der Waals surface area contributed by atoms with Crippen molar-refractivity contribution in [3.63, 3.8) is 0 Å². The van der Waals surface area contributed by atoms with Crippen LogP contribution in [0.5, 0.6) is 0 Å². The van der Waals surface area contributed by atoms with Crippen LogP contribution in [0.25, 0.3) is 10.9 Å². The van der Waals surface area contributed by atoms with E-state index in [1.165, 1.54) is 7.05 Å². The van der Waals surface area contributed by atoms with Crippen molar-refractivity contribution in [2.45, 2.75) is 12.5 Å². The zero-order valence-corrected chi connectivity index (χ0v) is 12.0. The van der Waals surface area contributed by atoms with Gasteiger partial charge in [-0.3, -0.25) is 9.69 Å². The van der Waals surface area contributed by atoms with Crippen molar-refractivity contribution >= 4 is 46.0 Å². The second-order valence-corrected chi connectivity index (χ2v) is 5.49. The molecule has 1 fully saturated rings. The highest BCUT2D eigenvalue weighted by Crippen LogP contribution is 2.32. The van der Waals surface area contributed by atoms with Crippen molar-refractivity contribution in [2.24, 2.45) is 0 Å². The molecule has 1 aromatic heterocycles. The van der Waals surface area contributed by atoms with Crippen molar-refractivity contribution in [3.8, 4) is 0 Å². The number of carbonyl (C=O) groups excluding carboxylic acids is 2. The summed E-state index contributed by atoms with van der Waals surface area (Å²) < 4.78 is 0. The molecule has 2 N–H and O–H groups in total. The highest BCUT2D eigenvalue weighted by atomic mass is 35.5. The molecule has 0 saturated carbocycles. The zero-order valence-electron chi connectivity index (χ0n) is 10.5. The number of likely N-dealkylation sites (N-methyl/N-ethyl adjacent to an activating group) is 1. The minimum atomic E-state index is -0.541. The summed E-state index contributed by atoms with van der Waals surface area (Å²) >= 11 is 12.1. The molecule has 7 heteroatoms. The van der Waals surface area contributed by atoms with E-state index in [1.54, 1.807) is 12.3 Å². The zero-order chi connectivity index (χ0) is 14.4. The van der Waals surface area contributed by atoms with Gasteiger partial charge in [-0.05, 0) is 11.6 Å². The van der Waals surface area contributed by atoms with E-state index in [2.05, 4.69) is 10.3 Å². The monoisotopic (exact) mass is 311 g/mol. The van der Waals surface area contributed by atoms with E-state index in [1.807, 2.05) is 6.07 Å². The second-order valence-electron chi connectivity index (χ2n) is 4.70. The summed E-state index contributed by atoms with van der Waals surface area (Å²) in [6, 6.07) is 2.65. The molecule has 5 nitrogen and oxygen atoms in total. The third-order valence-electron chi connectivity index (χ3n) is 3.49. The molecule has 1 aliphatic rings. The van der Waals surface area contributed by atoms with Crippen LogP contribution in [-0.4, -0.2) is 34.9 Å². The molecule has 0 radical (unpaired) electrons.